The van der Waals surface area contributed by atoms with Gasteiger partial charge in [-0.1, -0.05) is 30.4 Å². The summed E-state index contributed by atoms with van der Waals surface area (Å²) < 4.78 is 29.0. The minimum absolute atomic E-state index is 0.249. The van der Waals surface area contributed by atoms with E-state index in [1.54, 1.807) is 20.2 Å². The molecule has 1 aliphatic rings. The minimum Gasteiger partial charge on any atom is -0.264 e. The molecule has 0 bridgehead atoms. The Kier molecular flexibility index (Phi) is 3.33. The number of rotatable bonds is 2. The van der Waals surface area contributed by atoms with Crippen LogP contribution in [0.1, 0.15) is 17.5 Å². The van der Waals surface area contributed by atoms with Crippen molar-refractivity contribution < 1.29 is 8.42 Å². The SMILES string of the molecule is Cc1cnn(C)c1S(=O)(=O)N1CCC=Cc2ccccc21. The van der Waals surface area contributed by atoms with Crippen LogP contribution in [0.15, 0.2) is 41.6 Å². The van der Waals surface area contributed by atoms with E-state index in [4.69, 9.17) is 0 Å². The average Bonchev–Trinajstić information content (AvgIpc) is 2.68. The predicted octanol–water partition coefficient (Wildman–Crippen LogP) is 2.34. The molecule has 6 heteroatoms. The van der Waals surface area contributed by atoms with Crippen molar-refractivity contribution in [2.24, 2.45) is 7.05 Å². The van der Waals surface area contributed by atoms with Crippen LogP contribution >= 0.6 is 0 Å². The number of nitrogens with zero attached hydrogens (tertiary/aromatic N) is 3. The van der Waals surface area contributed by atoms with Gasteiger partial charge in [-0.05, 0) is 25.0 Å². The van der Waals surface area contributed by atoms with Crippen LogP contribution in [0.2, 0.25) is 0 Å². The Bertz CT molecular complexity index is 787. The molecule has 1 aromatic heterocycles. The Hall–Kier alpha value is -2.08. The normalized spacial score (nSPS) is 14.9. The number of hydrogen-bond donors (Lipinski definition) is 0. The summed E-state index contributed by atoms with van der Waals surface area (Å²) in [5.41, 5.74) is 2.29. The predicted molar refractivity (Wildman–Crippen MR) is 82.6 cm³/mol. The van der Waals surface area contributed by atoms with E-state index in [1.165, 1.54) is 8.99 Å². The number of aromatic nitrogens is 2. The summed E-state index contributed by atoms with van der Waals surface area (Å²) in [6.07, 6.45) is 6.24. The van der Waals surface area contributed by atoms with Gasteiger partial charge in [0.25, 0.3) is 10.0 Å². The lowest BCUT2D eigenvalue weighted by atomic mass is 10.2. The molecule has 0 radical (unpaired) electrons. The third kappa shape index (κ3) is 2.25. The van der Waals surface area contributed by atoms with Gasteiger partial charge in [0.05, 0.1) is 11.9 Å². The first-order valence-electron chi connectivity index (χ1n) is 6.79. The monoisotopic (exact) mass is 303 g/mol. The number of benzene rings is 1. The van der Waals surface area contributed by atoms with Gasteiger partial charge in [-0.25, -0.2) is 0 Å². The van der Waals surface area contributed by atoms with E-state index in [0.717, 1.165) is 5.56 Å². The summed E-state index contributed by atoms with van der Waals surface area (Å²) in [6.45, 7) is 2.20. The van der Waals surface area contributed by atoms with Gasteiger partial charge in [-0.3, -0.25) is 8.99 Å². The first kappa shape index (κ1) is 13.9. The maximum atomic E-state index is 13.0. The van der Waals surface area contributed by atoms with Gasteiger partial charge in [0.15, 0.2) is 5.03 Å². The molecule has 5 nitrogen and oxygen atoms in total. The van der Waals surface area contributed by atoms with Crippen LogP contribution < -0.4 is 4.31 Å². The molecule has 0 spiro atoms. The third-order valence-corrected chi connectivity index (χ3v) is 5.63. The van der Waals surface area contributed by atoms with E-state index in [0.29, 0.717) is 24.2 Å². The molecule has 0 saturated heterocycles. The number of para-hydroxylation sites is 1. The highest BCUT2D eigenvalue weighted by atomic mass is 32.2. The van der Waals surface area contributed by atoms with Crippen molar-refractivity contribution in [3.05, 3.63) is 47.7 Å². The summed E-state index contributed by atoms with van der Waals surface area (Å²) >= 11 is 0. The number of sulfonamides is 1. The standard InChI is InChI=1S/C15H17N3O2S/c1-12-11-16-17(2)15(12)21(19,20)18-10-6-5-8-13-7-3-4-9-14(13)18/h3-5,7-9,11H,6,10H2,1-2H3. The molecule has 1 aliphatic heterocycles. The molecule has 21 heavy (non-hydrogen) atoms. The van der Waals surface area contributed by atoms with Crippen LogP contribution in [0.5, 0.6) is 0 Å². The van der Waals surface area contributed by atoms with Crippen LogP contribution in [0.3, 0.4) is 0 Å². The molecule has 2 heterocycles. The van der Waals surface area contributed by atoms with Gasteiger partial charge >= 0.3 is 0 Å². The summed E-state index contributed by atoms with van der Waals surface area (Å²) in [4.78, 5) is 0. The van der Waals surface area contributed by atoms with Crippen molar-refractivity contribution >= 4 is 21.8 Å². The Morgan fingerprint density at radius 1 is 1.24 bits per heavy atom. The Balaban J connectivity index is 2.17. The highest BCUT2D eigenvalue weighted by Crippen LogP contribution is 2.31. The van der Waals surface area contributed by atoms with Crippen LogP contribution in [-0.2, 0) is 17.1 Å². The highest BCUT2D eigenvalue weighted by molar-refractivity contribution is 7.92. The van der Waals surface area contributed by atoms with Crippen molar-refractivity contribution in [3.63, 3.8) is 0 Å². The fourth-order valence-electron chi connectivity index (χ4n) is 2.64. The molecular weight excluding hydrogens is 286 g/mol. The Morgan fingerprint density at radius 3 is 2.71 bits per heavy atom. The molecule has 0 atom stereocenters. The van der Waals surface area contributed by atoms with Crippen molar-refractivity contribution in [3.8, 4) is 0 Å². The molecule has 0 N–H and O–H groups in total. The lowest BCUT2D eigenvalue weighted by Gasteiger charge is -2.24. The van der Waals surface area contributed by atoms with Gasteiger partial charge in [0, 0.05) is 19.2 Å². The molecule has 0 saturated carbocycles. The number of aryl methyl sites for hydroxylation is 2. The zero-order valence-corrected chi connectivity index (χ0v) is 12.8. The molecule has 0 amide bonds. The van der Waals surface area contributed by atoms with E-state index in [1.807, 2.05) is 36.4 Å². The van der Waals surface area contributed by atoms with Crippen molar-refractivity contribution in [1.82, 2.24) is 9.78 Å². The third-order valence-electron chi connectivity index (χ3n) is 3.59. The van der Waals surface area contributed by atoms with Gasteiger partial charge in [0.2, 0.25) is 0 Å². The van der Waals surface area contributed by atoms with E-state index >= 15 is 0 Å². The lowest BCUT2D eigenvalue weighted by molar-refractivity contribution is 0.571. The average molecular weight is 303 g/mol. The molecule has 0 aliphatic carbocycles. The van der Waals surface area contributed by atoms with E-state index < -0.39 is 10.0 Å². The Labute approximate surface area is 124 Å². The fourth-order valence-corrected chi connectivity index (χ4v) is 4.46. The molecular formula is C15H17N3O2S. The number of fused-ring (bicyclic) bond motifs is 1. The first-order chi connectivity index (χ1) is 10.0. The maximum Gasteiger partial charge on any atom is 0.281 e. The largest absolute Gasteiger partial charge is 0.281 e. The summed E-state index contributed by atoms with van der Waals surface area (Å²) in [5, 5.41) is 4.30. The molecule has 3 rings (SSSR count). The van der Waals surface area contributed by atoms with Crippen LogP contribution in [0.25, 0.3) is 6.08 Å². The second-order valence-corrected chi connectivity index (χ2v) is 6.86. The van der Waals surface area contributed by atoms with Gasteiger partial charge in [-0.15, -0.1) is 0 Å². The maximum absolute atomic E-state index is 13.0. The van der Waals surface area contributed by atoms with Gasteiger partial charge in [-0.2, -0.15) is 13.5 Å². The van der Waals surface area contributed by atoms with Crippen molar-refractivity contribution in [1.29, 1.82) is 0 Å². The van der Waals surface area contributed by atoms with Crippen LogP contribution in [0, 0.1) is 6.92 Å². The van der Waals surface area contributed by atoms with Crippen molar-refractivity contribution in [2.75, 3.05) is 10.8 Å². The summed E-state index contributed by atoms with van der Waals surface area (Å²) in [5.74, 6) is 0. The molecule has 0 unspecified atom stereocenters. The summed E-state index contributed by atoms with van der Waals surface area (Å²) in [7, 11) is -1.97. The Morgan fingerprint density at radius 2 is 2.00 bits per heavy atom. The smallest absolute Gasteiger partial charge is 0.264 e. The highest BCUT2D eigenvalue weighted by Gasteiger charge is 2.30. The minimum atomic E-state index is -3.62. The van der Waals surface area contributed by atoms with Gasteiger partial charge in [0.1, 0.15) is 0 Å². The zero-order chi connectivity index (χ0) is 15.0. The van der Waals surface area contributed by atoms with E-state index in [9.17, 15) is 8.42 Å². The molecule has 0 fully saturated rings. The van der Waals surface area contributed by atoms with Crippen LogP contribution in [-0.4, -0.2) is 24.7 Å². The lowest BCUT2D eigenvalue weighted by Crippen LogP contribution is -2.33. The quantitative estimate of drug-likeness (QED) is 0.855. The van der Waals surface area contributed by atoms with E-state index in [2.05, 4.69) is 5.10 Å². The molecule has 1 aromatic carbocycles. The molecule has 2 aromatic rings. The first-order valence-corrected chi connectivity index (χ1v) is 8.23. The number of anilines is 1. The van der Waals surface area contributed by atoms with E-state index in [-0.39, 0.29) is 5.03 Å². The molecule has 110 valence electrons. The second kappa shape index (κ2) is 5.04. The number of hydrogen-bond acceptors (Lipinski definition) is 3. The topological polar surface area (TPSA) is 55.2 Å². The van der Waals surface area contributed by atoms with Gasteiger partial charge < -0.3 is 0 Å². The zero-order valence-electron chi connectivity index (χ0n) is 12.0. The fraction of sp³-hybridized carbons (Fsp3) is 0.267. The second-order valence-electron chi connectivity index (χ2n) is 5.08. The van der Waals surface area contributed by atoms with Crippen LogP contribution in [0.4, 0.5) is 5.69 Å². The summed E-state index contributed by atoms with van der Waals surface area (Å²) in [6, 6.07) is 7.54. The van der Waals surface area contributed by atoms with Crippen molar-refractivity contribution in [2.45, 2.75) is 18.4 Å².